The summed E-state index contributed by atoms with van der Waals surface area (Å²) in [5, 5.41) is 5.50. The molecule has 318 valence electrons. The number of benzene rings is 4. The first kappa shape index (κ1) is 41.6. The predicted molar refractivity (Wildman–Crippen MR) is 233 cm³/mol. The minimum atomic E-state index is -1.20. The fraction of sp³-hybridized carbons (Fsp3) is 0.333. The van der Waals surface area contributed by atoms with Gasteiger partial charge in [0.25, 0.3) is 0 Å². The third kappa shape index (κ3) is 9.27. The molecule has 2 fully saturated rings. The SMILES string of the molecule is CC(C)(NC(=O)OCc1ccccc1)C(=O)N1CCC[C@H]1c1nc2cc(C#Cc3ccc4[nH]c([C@@H]5CCCN5C(=O)C(C)(C)NC(=O)OCc5ccccc5)nc4c3)ccc2[nH]1. The molecule has 2 aliphatic rings. The van der Waals surface area contributed by atoms with Gasteiger partial charge in [0, 0.05) is 24.2 Å². The van der Waals surface area contributed by atoms with E-state index in [1.54, 1.807) is 37.5 Å². The molecule has 0 saturated carbocycles. The number of nitrogens with zero attached hydrogens (tertiary/aromatic N) is 4. The van der Waals surface area contributed by atoms with Gasteiger partial charge in [0.2, 0.25) is 11.8 Å². The monoisotopic (exact) mass is 834 g/mol. The lowest BCUT2D eigenvalue weighted by atomic mass is 10.0. The lowest BCUT2D eigenvalue weighted by molar-refractivity contribution is -0.138. The summed E-state index contributed by atoms with van der Waals surface area (Å²) in [6.45, 7) is 8.04. The molecule has 4 heterocycles. The van der Waals surface area contributed by atoms with Crippen LogP contribution in [0.3, 0.4) is 0 Å². The Balaban J connectivity index is 0.904. The van der Waals surface area contributed by atoms with E-state index in [1.165, 1.54) is 0 Å². The third-order valence-electron chi connectivity index (χ3n) is 11.3. The largest absolute Gasteiger partial charge is 0.445 e. The van der Waals surface area contributed by atoms with E-state index >= 15 is 0 Å². The molecule has 2 atom stereocenters. The van der Waals surface area contributed by atoms with Crippen molar-refractivity contribution in [2.75, 3.05) is 13.1 Å². The van der Waals surface area contributed by atoms with Crippen molar-refractivity contribution in [3.05, 3.63) is 131 Å². The maximum Gasteiger partial charge on any atom is 0.408 e. The van der Waals surface area contributed by atoms with E-state index in [4.69, 9.17) is 19.4 Å². The Kier molecular flexibility index (Phi) is 11.7. The Labute approximate surface area is 359 Å². The zero-order valence-electron chi connectivity index (χ0n) is 35.3. The number of likely N-dealkylation sites (tertiary alicyclic amines) is 2. The quantitative estimate of drug-likeness (QED) is 0.102. The van der Waals surface area contributed by atoms with Gasteiger partial charge in [-0.05, 0) is 101 Å². The molecule has 2 aromatic heterocycles. The van der Waals surface area contributed by atoms with Crippen molar-refractivity contribution in [3.63, 3.8) is 0 Å². The molecule has 0 radical (unpaired) electrons. The van der Waals surface area contributed by atoms with Crippen LogP contribution in [-0.2, 0) is 32.3 Å². The number of hydrogen-bond donors (Lipinski definition) is 4. The van der Waals surface area contributed by atoms with Gasteiger partial charge in [-0.3, -0.25) is 9.59 Å². The molecule has 4 amide bonds. The van der Waals surface area contributed by atoms with Crippen LogP contribution in [-0.4, -0.2) is 77.9 Å². The van der Waals surface area contributed by atoms with Gasteiger partial charge in [-0.1, -0.05) is 72.5 Å². The zero-order valence-corrected chi connectivity index (χ0v) is 35.3. The predicted octanol–water partition coefficient (Wildman–Crippen LogP) is 7.58. The van der Waals surface area contributed by atoms with E-state index in [2.05, 4.69) is 32.4 Å². The highest BCUT2D eigenvalue weighted by atomic mass is 16.6. The highest BCUT2D eigenvalue weighted by Gasteiger charge is 2.42. The second-order valence-electron chi connectivity index (χ2n) is 16.9. The van der Waals surface area contributed by atoms with Crippen LogP contribution in [0.15, 0.2) is 97.1 Å². The van der Waals surface area contributed by atoms with Crippen LogP contribution in [0, 0.1) is 11.8 Å². The van der Waals surface area contributed by atoms with Gasteiger partial charge in [-0.25, -0.2) is 19.6 Å². The first-order valence-corrected chi connectivity index (χ1v) is 20.9. The number of carbonyl (C=O) groups excluding carboxylic acids is 4. The fourth-order valence-corrected chi connectivity index (χ4v) is 8.11. The first-order chi connectivity index (χ1) is 29.8. The van der Waals surface area contributed by atoms with Gasteiger partial charge in [-0.15, -0.1) is 0 Å². The van der Waals surface area contributed by atoms with Crippen LogP contribution in [0.25, 0.3) is 22.1 Å². The van der Waals surface area contributed by atoms with Crippen LogP contribution in [0.5, 0.6) is 0 Å². The number of ether oxygens (including phenoxy) is 2. The standard InChI is InChI=1S/C48H50N8O6/c1-47(2,53-45(59)61-29-33-13-7-5-8-14-33)43(57)55-25-11-17-39(55)41-49-35-23-21-31(27-37(35)51-41)19-20-32-22-24-36-38(28-32)52-42(50-36)40-18-12-26-56(40)44(58)48(3,4)54-46(60)62-30-34-15-9-6-10-16-34/h5-10,13-16,21-24,27-28,39-40H,11-12,17-18,25-26,29-30H2,1-4H3,(H,49,51)(H,50,52)(H,53,59)(H,54,60)/t39-,40-/m0/s1. The summed E-state index contributed by atoms with van der Waals surface area (Å²) in [4.78, 5) is 73.2. The van der Waals surface area contributed by atoms with Gasteiger partial charge in [-0.2, -0.15) is 0 Å². The maximum atomic E-state index is 13.8. The summed E-state index contributed by atoms with van der Waals surface area (Å²) < 4.78 is 10.8. The molecule has 0 spiro atoms. The molecule has 8 rings (SSSR count). The molecule has 62 heavy (non-hydrogen) atoms. The second kappa shape index (κ2) is 17.5. The Morgan fingerprint density at radius 1 is 0.629 bits per heavy atom. The van der Waals surface area contributed by atoms with Crippen LogP contribution in [0.1, 0.15) is 99.4 Å². The molecule has 6 aromatic rings. The Morgan fingerprint density at radius 2 is 1.03 bits per heavy atom. The van der Waals surface area contributed by atoms with Crippen molar-refractivity contribution >= 4 is 46.1 Å². The molecule has 0 unspecified atom stereocenters. The number of H-pyrrole nitrogens is 2. The zero-order chi connectivity index (χ0) is 43.4. The lowest BCUT2D eigenvalue weighted by Gasteiger charge is -2.32. The van der Waals surface area contributed by atoms with Gasteiger partial charge in [0.1, 0.15) is 35.9 Å². The number of hydrogen-bond acceptors (Lipinski definition) is 8. The molecule has 0 bridgehead atoms. The third-order valence-corrected chi connectivity index (χ3v) is 11.3. The summed E-state index contributed by atoms with van der Waals surface area (Å²) in [6.07, 6.45) is 1.77. The molecule has 4 aromatic carbocycles. The second-order valence-corrected chi connectivity index (χ2v) is 16.9. The van der Waals surface area contributed by atoms with Gasteiger partial charge in [0.05, 0.1) is 34.2 Å². The summed E-state index contributed by atoms with van der Waals surface area (Å²) in [6, 6.07) is 29.8. The van der Waals surface area contributed by atoms with Crippen LogP contribution >= 0.6 is 0 Å². The van der Waals surface area contributed by atoms with E-state index in [0.717, 1.165) is 70.0 Å². The Morgan fingerprint density at radius 3 is 1.44 bits per heavy atom. The minimum absolute atomic E-state index is 0.107. The smallest absolute Gasteiger partial charge is 0.408 e. The summed E-state index contributed by atoms with van der Waals surface area (Å²) >= 11 is 0. The fourth-order valence-electron chi connectivity index (χ4n) is 8.11. The number of aromatic nitrogens is 4. The van der Waals surface area contributed by atoms with Crippen molar-refractivity contribution in [1.29, 1.82) is 0 Å². The number of alkyl carbamates (subject to hydrolysis) is 2. The molecule has 14 nitrogen and oxygen atoms in total. The molecule has 2 saturated heterocycles. The summed E-state index contributed by atoms with van der Waals surface area (Å²) in [7, 11) is 0. The number of aromatic amines is 2. The molecule has 2 aliphatic heterocycles. The van der Waals surface area contributed by atoms with Crippen LogP contribution < -0.4 is 10.6 Å². The average molecular weight is 835 g/mol. The van der Waals surface area contributed by atoms with Gasteiger partial charge in [0.15, 0.2) is 0 Å². The molecular formula is C48H50N8O6. The summed E-state index contributed by atoms with van der Waals surface area (Å²) in [5.74, 6) is 7.46. The molecule has 4 N–H and O–H groups in total. The molecule has 0 aliphatic carbocycles. The normalized spacial score (nSPS) is 16.5. The highest BCUT2D eigenvalue weighted by Crippen LogP contribution is 2.35. The average Bonchev–Trinajstić information content (AvgIpc) is 4.10. The van der Waals surface area contributed by atoms with E-state index in [0.29, 0.717) is 24.7 Å². The first-order valence-electron chi connectivity index (χ1n) is 20.9. The number of nitrogens with one attached hydrogen (secondary N) is 4. The van der Waals surface area contributed by atoms with Gasteiger partial charge < -0.3 is 39.9 Å². The number of fused-ring (bicyclic) bond motifs is 2. The van der Waals surface area contributed by atoms with Crippen molar-refractivity contribution in [2.24, 2.45) is 0 Å². The number of amides is 4. The van der Waals surface area contributed by atoms with Gasteiger partial charge >= 0.3 is 12.2 Å². The van der Waals surface area contributed by atoms with Crippen molar-refractivity contribution in [3.8, 4) is 11.8 Å². The van der Waals surface area contributed by atoms with E-state index in [9.17, 15) is 19.2 Å². The van der Waals surface area contributed by atoms with Crippen molar-refractivity contribution in [2.45, 2.75) is 89.8 Å². The molecular weight excluding hydrogens is 785 g/mol. The minimum Gasteiger partial charge on any atom is -0.445 e. The number of rotatable bonds is 10. The van der Waals surface area contributed by atoms with E-state index < -0.39 is 23.3 Å². The van der Waals surface area contributed by atoms with E-state index in [-0.39, 0.29) is 37.1 Å². The highest BCUT2D eigenvalue weighted by molar-refractivity contribution is 5.90. The summed E-state index contributed by atoms with van der Waals surface area (Å²) in [5.41, 5.74) is 4.01. The van der Waals surface area contributed by atoms with Crippen molar-refractivity contribution in [1.82, 2.24) is 40.4 Å². The van der Waals surface area contributed by atoms with Crippen LogP contribution in [0.4, 0.5) is 9.59 Å². The number of carbonyl (C=O) groups is 4. The van der Waals surface area contributed by atoms with E-state index in [1.807, 2.05) is 97.1 Å². The Hall–Kier alpha value is -7.14. The maximum absolute atomic E-state index is 13.8. The molecule has 14 heteroatoms. The Bertz CT molecular complexity index is 2500. The number of imidazole rings is 2. The van der Waals surface area contributed by atoms with Crippen LogP contribution in [0.2, 0.25) is 0 Å². The van der Waals surface area contributed by atoms with Crippen molar-refractivity contribution < 1.29 is 28.7 Å². The topological polar surface area (TPSA) is 175 Å². The lowest BCUT2D eigenvalue weighted by Crippen LogP contribution is -2.55.